The van der Waals surface area contributed by atoms with E-state index in [1.807, 2.05) is 25.1 Å². The van der Waals surface area contributed by atoms with E-state index in [4.69, 9.17) is 34.3 Å². The molecule has 1 unspecified atom stereocenters. The van der Waals surface area contributed by atoms with Crippen LogP contribution in [-0.2, 0) is 0 Å². The number of ether oxygens (including phenoxy) is 1. The molecule has 2 nitrogen and oxygen atoms in total. The Morgan fingerprint density at radius 1 is 1.57 bits per heavy atom. The van der Waals surface area contributed by atoms with Crippen LogP contribution in [0, 0.1) is 5.92 Å². The zero-order valence-electron chi connectivity index (χ0n) is 7.87. The third kappa shape index (κ3) is 3.16. The molecule has 0 fully saturated rings. The predicted molar refractivity (Wildman–Crippen MR) is 62.9 cm³/mol. The normalized spacial score (nSPS) is 12.1. The number of nitrogens with two attached hydrogens (primary N) is 1. The van der Waals surface area contributed by atoms with E-state index in [1.54, 1.807) is 6.07 Å². The van der Waals surface area contributed by atoms with Gasteiger partial charge in [0.1, 0.15) is 5.75 Å². The first-order chi connectivity index (χ1) is 6.61. The highest BCUT2D eigenvalue weighted by Gasteiger charge is 2.07. The molecule has 0 heterocycles. The van der Waals surface area contributed by atoms with Crippen molar-refractivity contribution < 1.29 is 4.74 Å². The van der Waals surface area contributed by atoms with Gasteiger partial charge in [-0.15, -0.1) is 0 Å². The molecule has 0 aliphatic rings. The molecule has 0 amide bonds. The van der Waals surface area contributed by atoms with Crippen molar-refractivity contribution in [2.75, 3.05) is 6.61 Å². The highest BCUT2D eigenvalue weighted by atomic mass is 35.5. The van der Waals surface area contributed by atoms with E-state index in [-0.39, 0.29) is 5.92 Å². The van der Waals surface area contributed by atoms with E-state index in [9.17, 15) is 0 Å². The first-order valence-electron chi connectivity index (χ1n) is 4.28. The quantitative estimate of drug-likeness (QED) is 0.807. The number of para-hydroxylation sites is 1. The van der Waals surface area contributed by atoms with E-state index >= 15 is 0 Å². The maximum absolute atomic E-state index is 5.90. The zero-order chi connectivity index (χ0) is 10.6. The summed E-state index contributed by atoms with van der Waals surface area (Å²) in [5.74, 6) is 0.721. The van der Waals surface area contributed by atoms with Crippen molar-refractivity contribution in [3.63, 3.8) is 0 Å². The smallest absolute Gasteiger partial charge is 0.137 e. The molecule has 1 rings (SSSR count). The van der Waals surface area contributed by atoms with Crippen LogP contribution in [0.5, 0.6) is 5.75 Å². The lowest BCUT2D eigenvalue weighted by Crippen LogP contribution is -2.24. The lowest BCUT2D eigenvalue weighted by Gasteiger charge is -2.12. The van der Waals surface area contributed by atoms with Crippen LogP contribution in [0.15, 0.2) is 24.3 Å². The largest absolute Gasteiger partial charge is 0.491 e. The maximum Gasteiger partial charge on any atom is 0.137 e. The van der Waals surface area contributed by atoms with Gasteiger partial charge < -0.3 is 10.5 Å². The van der Waals surface area contributed by atoms with Gasteiger partial charge in [-0.25, -0.2) is 0 Å². The summed E-state index contributed by atoms with van der Waals surface area (Å²) in [6.45, 7) is 2.37. The van der Waals surface area contributed by atoms with Crippen LogP contribution in [0.3, 0.4) is 0 Å². The molecule has 0 aliphatic heterocycles. The molecule has 0 aliphatic carbocycles. The Labute approximate surface area is 94.0 Å². The summed E-state index contributed by atoms with van der Waals surface area (Å²) in [6.07, 6.45) is 0. The summed E-state index contributed by atoms with van der Waals surface area (Å²) in [5.41, 5.74) is 5.46. The molecule has 0 aromatic heterocycles. The lowest BCUT2D eigenvalue weighted by molar-refractivity contribution is 0.293. The third-order valence-electron chi connectivity index (χ3n) is 1.81. The average molecular weight is 230 g/mol. The van der Waals surface area contributed by atoms with E-state index in [1.165, 1.54) is 0 Å². The molecule has 1 aromatic carbocycles. The highest BCUT2D eigenvalue weighted by molar-refractivity contribution is 7.80. The molecule has 4 heteroatoms. The van der Waals surface area contributed by atoms with Crippen molar-refractivity contribution >= 4 is 28.8 Å². The Morgan fingerprint density at radius 2 is 2.21 bits per heavy atom. The van der Waals surface area contributed by atoms with Crippen molar-refractivity contribution in [3.8, 4) is 5.75 Å². The molecule has 0 saturated heterocycles. The van der Waals surface area contributed by atoms with E-state index in [0.717, 1.165) is 0 Å². The maximum atomic E-state index is 5.90. The number of hydrogen-bond acceptors (Lipinski definition) is 2. The van der Waals surface area contributed by atoms with Gasteiger partial charge in [0.15, 0.2) is 0 Å². The Balaban J connectivity index is 2.54. The van der Waals surface area contributed by atoms with Gasteiger partial charge in [-0.1, -0.05) is 42.9 Å². The van der Waals surface area contributed by atoms with Gasteiger partial charge >= 0.3 is 0 Å². The molecule has 0 spiro atoms. The monoisotopic (exact) mass is 229 g/mol. The molecule has 2 N–H and O–H groups in total. The van der Waals surface area contributed by atoms with E-state index < -0.39 is 0 Å². The van der Waals surface area contributed by atoms with Gasteiger partial charge in [0.2, 0.25) is 0 Å². The first kappa shape index (κ1) is 11.3. The summed E-state index contributed by atoms with van der Waals surface area (Å²) in [7, 11) is 0. The molecule has 14 heavy (non-hydrogen) atoms. The molecule has 76 valence electrons. The number of rotatable bonds is 4. The minimum atomic E-state index is 0.0567. The topological polar surface area (TPSA) is 35.2 Å². The molecule has 1 atom stereocenters. The van der Waals surface area contributed by atoms with Crippen molar-refractivity contribution in [2.45, 2.75) is 6.92 Å². The number of hydrogen-bond donors (Lipinski definition) is 1. The van der Waals surface area contributed by atoms with Gasteiger partial charge in [-0.2, -0.15) is 0 Å². The Kier molecular flexibility index (Phi) is 4.17. The van der Waals surface area contributed by atoms with Crippen molar-refractivity contribution in [3.05, 3.63) is 29.3 Å². The molecular formula is C10H12ClNOS. The molecule has 0 saturated carbocycles. The van der Waals surface area contributed by atoms with Crippen LogP contribution >= 0.6 is 23.8 Å². The van der Waals surface area contributed by atoms with Gasteiger partial charge in [0.25, 0.3) is 0 Å². The molecule has 0 radical (unpaired) electrons. The molecular weight excluding hydrogens is 218 g/mol. The summed E-state index contributed by atoms with van der Waals surface area (Å²) in [5, 5.41) is 0.600. The second kappa shape index (κ2) is 5.17. The van der Waals surface area contributed by atoms with Crippen LogP contribution in [0.25, 0.3) is 0 Å². The Morgan fingerprint density at radius 3 is 2.79 bits per heavy atom. The van der Waals surface area contributed by atoms with Crippen LogP contribution in [-0.4, -0.2) is 11.6 Å². The fraction of sp³-hybridized carbons (Fsp3) is 0.300. The lowest BCUT2D eigenvalue weighted by atomic mass is 10.2. The van der Waals surface area contributed by atoms with Crippen LogP contribution < -0.4 is 10.5 Å². The summed E-state index contributed by atoms with van der Waals surface area (Å²) < 4.78 is 5.46. The van der Waals surface area contributed by atoms with Crippen LogP contribution in [0.4, 0.5) is 0 Å². The first-order valence-corrected chi connectivity index (χ1v) is 5.06. The van der Waals surface area contributed by atoms with Crippen LogP contribution in [0.2, 0.25) is 5.02 Å². The summed E-state index contributed by atoms with van der Waals surface area (Å²) >= 11 is 10.7. The van der Waals surface area contributed by atoms with Crippen molar-refractivity contribution in [1.29, 1.82) is 0 Å². The van der Waals surface area contributed by atoms with Gasteiger partial charge in [0.05, 0.1) is 16.6 Å². The predicted octanol–water partition coefficient (Wildman–Crippen LogP) is 2.64. The van der Waals surface area contributed by atoms with Gasteiger partial charge in [0, 0.05) is 5.92 Å². The highest BCUT2D eigenvalue weighted by Crippen LogP contribution is 2.23. The van der Waals surface area contributed by atoms with Crippen LogP contribution in [0.1, 0.15) is 6.92 Å². The number of benzene rings is 1. The minimum Gasteiger partial charge on any atom is -0.491 e. The SMILES string of the molecule is CC(COc1ccccc1Cl)C(N)=S. The second-order valence-corrected chi connectivity index (χ2v) is 3.92. The number of thiocarbonyl (C=S) groups is 1. The fourth-order valence-corrected chi connectivity index (χ4v) is 1.12. The average Bonchev–Trinajstić information content (AvgIpc) is 2.16. The Bertz CT molecular complexity index is 330. The zero-order valence-corrected chi connectivity index (χ0v) is 9.44. The summed E-state index contributed by atoms with van der Waals surface area (Å²) in [6, 6.07) is 7.32. The van der Waals surface area contributed by atoms with Crippen molar-refractivity contribution in [2.24, 2.45) is 11.7 Å². The minimum absolute atomic E-state index is 0.0567. The summed E-state index contributed by atoms with van der Waals surface area (Å²) in [4.78, 5) is 0.456. The van der Waals surface area contributed by atoms with E-state index in [0.29, 0.717) is 22.4 Å². The second-order valence-electron chi connectivity index (χ2n) is 3.04. The van der Waals surface area contributed by atoms with E-state index in [2.05, 4.69) is 0 Å². The van der Waals surface area contributed by atoms with Gasteiger partial charge in [-0.05, 0) is 12.1 Å². The number of halogens is 1. The molecule has 0 bridgehead atoms. The standard InChI is InChI=1S/C10H12ClNOS/c1-7(10(12)14)6-13-9-5-3-2-4-8(9)11/h2-5,7H,6H2,1H3,(H2,12,14). The molecule has 1 aromatic rings. The third-order valence-corrected chi connectivity index (χ3v) is 2.53. The fourth-order valence-electron chi connectivity index (χ4n) is 0.859. The van der Waals surface area contributed by atoms with Gasteiger partial charge in [-0.3, -0.25) is 0 Å². The van der Waals surface area contributed by atoms with Crippen molar-refractivity contribution in [1.82, 2.24) is 0 Å². The Hall–Kier alpha value is -0.800.